The third-order valence-electron chi connectivity index (χ3n) is 3.93. The highest BCUT2D eigenvalue weighted by atomic mass is 16.5. The molecule has 0 radical (unpaired) electrons. The largest absolute Gasteiger partial charge is 0.490 e. The van der Waals surface area contributed by atoms with Gasteiger partial charge in [-0.05, 0) is 44.7 Å². The molecule has 1 aliphatic rings. The van der Waals surface area contributed by atoms with Crippen LogP contribution >= 0.6 is 0 Å². The van der Waals surface area contributed by atoms with E-state index in [-0.39, 0.29) is 6.10 Å². The van der Waals surface area contributed by atoms with E-state index in [2.05, 4.69) is 24.1 Å². The van der Waals surface area contributed by atoms with Crippen LogP contribution in [0.15, 0.2) is 24.3 Å². The molecule has 21 heavy (non-hydrogen) atoms. The number of ether oxygens (including phenoxy) is 2. The molecular weight excluding hydrogens is 264 g/mol. The lowest BCUT2D eigenvalue weighted by molar-refractivity contribution is 0.186. The first kappa shape index (κ1) is 16.1. The van der Waals surface area contributed by atoms with Crippen molar-refractivity contribution >= 4 is 0 Å². The van der Waals surface area contributed by atoms with Crippen molar-refractivity contribution in [3.05, 3.63) is 24.3 Å². The van der Waals surface area contributed by atoms with E-state index in [1.807, 2.05) is 24.3 Å². The minimum Gasteiger partial charge on any atom is -0.490 e. The Morgan fingerprint density at radius 2 is 1.95 bits per heavy atom. The second-order valence-corrected chi connectivity index (χ2v) is 5.41. The van der Waals surface area contributed by atoms with Crippen LogP contribution in [0, 0.1) is 0 Å². The Morgan fingerprint density at radius 3 is 2.71 bits per heavy atom. The van der Waals surface area contributed by atoms with Gasteiger partial charge in [-0.1, -0.05) is 26.0 Å². The summed E-state index contributed by atoms with van der Waals surface area (Å²) in [6, 6.07) is 7.92. The summed E-state index contributed by atoms with van der Waals surface area (Å²) >= 11 is 0. The van der Waals surface area contributed by atoms with Gasteiger partial charge >= 0.3 is 0 Å². The zero-order valence-corrected chi connectivity index (χ0v) is 13.3. The van der Waals surface area contributed by atoms with E-state index in [1.165, 1.54) is 6.42 Å². The average molecular weight is 292 g/mol. The van der Waals surface area contributed by atoms with E-state index in [4.69, 9.17) is 9.47 Å². The van der Waals surface area contributed by atoms with Crippen LogP contribution in [0.5, 0.6) is 11.5 Å². The van der Waals surface area contributed by atoms with Crippen LogP contribution < -0.4 is 14.8 Å². The van der Waals surface area contributed by atoms with Crippen molar-refractivity contribution in [2.45, 2.75) is 32.8 Å². The predicted molar refractivity (Wildman–Crippen MR) is 86.2 cm³/mol. The van der Waals surface area contributed by atoms with Gasteiger partial charge in [0.25, 0.3) is 0 Å². The van der Waals surface area contributed by atoms with Gasteiger partial charge in [0.15, 0.2) is 11.5 Å². The first-order chi connectivity index (χ1) is 10.3. The van der Waals surface area contributed by atoms with Gasteiger partial charge in [-0.15, -0.1) is 0 Å². The molecule has 0 amide bonds. The number of fused-ring (bicyclic) bond motifs is 1. The normalized spacial score (nSPS) is 17.8. The molecule has 4 heteroatoms. The minimum atomic E-state index is 0.196. The molecule has 2 rings (SSSR count). The summed E-state index contributed by atoms with van der Waals surface area (Å²) < 4.78 is 11.7. The van der Waals surface area contributed by atoms with Crippen LogP contribution in [-0.2, 0) is 0 Å². The van der Waals surface area contributed by atoms with E-state index < -0.39 is 0 Å². The van der Waals surface area contributed by atoms with Crippen LogP contribution in [0.25, 0.3) is 0 Å². The molecule has 1 N–H and O–H groups in total. The Bertz CT molecular complexity index is 408. The van der Waals surface area contributed by atoms with Gasteiger partial charge in [-0.25, -0.2) is 0 Å². The highest BCUT2D eigenvalue weighted by molar-refractivity contribution is 5.40. The first-order valence-electron chi connectivity index (χ1n) is 8.15. The van der Waals surface area contributed by atoms with Crippen molar-refractivity contribution in [2.24, 2.45) is 0 Å². The summed E-state index contributed by atoms with van der Waals surface area (Å²) in [5, 5.41) is 3.51. The zero-order chi connectivity index (χ0) is 14.9. The van der Waals surface area contributed by atoms with Crippen molar-refractivity contribution < 1.29 is 9.47 Å². The number of nitrogens with one attached hydrogen (secondary N) is 1. The molecule has 1 heterocycles. The quantitative estimate of drug-likeness (QED) is 0.747. The van der Waals surface area contributed by atoms with E-state index in [0.717, 1.165) is 57.3 Å². The molecule has 1 unspecified atom stereocenters. The number of benzene rings is 1. The van der Waals surface area contributed by atoms with Gasteiger partial charge in [0.1, 0.15) is 6.10 Å². The van der Waals surface area contributed by atoms with Gasteiger partial charge in [-0.2, -0.15) is 0 Å². The van der Waals surface area contributed by atoms with Crippen molar-refractivity contribution in [3.8, 4) is 11.5 Å². The summed E-state index contributed by atoms with van der Waals surface area (Å²) in [7, 11) is 0. The van der Waals surface area contributed by atoms with Crippen molar-refractivity contribution in [1.82, 2.24) is 10.2 Å². The van der Waals surface area contributed by atoms with Gasteiger partial charge in [-0.3, -0.25) is 0 Å². The molecule has 0 saturated heterocycles. The Labute approximate surface area is 128 Å². The van der Waals surface area contributed by atoms with Crippen LogP contribution in [0.1, 0.15) is 26.7 Å². The fourth-order valence-corrected chi connectivity index (χ4v) is 2.58. The third kappa shape index (κ3) is 5.21. The maximum atomic E-state index is 6.03. The van der Waals surface area contributed by atoms with Crippen LogP contribution in [-0.4, -0.2) is 50.3 Å². The van der Waals surface area contributed by atoms with Gasteiger partial charge in [0.05, 0.1) is 6.61 Å². The minimum absolute atomic E-state index is 0.196. The fourth-order valence-electron chi connectivity index (χ4n) is 2.58. The second-order valence-electron chi connectivity index (χ2n) is 5.41. The number of hydrogen-bond donors (Lipinski definition) is 1. The first-order valence-corrected chi connectivity index (χ1v) is 8.15. The van der Waals surface area contributed by atoms with Crippen molar-refractivity contribution in [1.29, 1.82) is 0 Å². The maximum absolute atomic E-state index is 6.03. The number of hydrogen-bond acceptors (Lipinski definition) is 4. The molecule has 0 fully saturated rings. The maximum Gasteiger partial charge on any atom is 0.161 e. The Balaban J connectivity index is 1.67. The smallest absolute Gasteiger partial charge is 0.161 e. The van der Waals surface area contributed by atoms with Crippen molar-refractivity contribution in [2.75, 3.05) is 39.3 Å². The lowest BCUT2D eigenvalue weighted by atomic mass is 10.2. The molecule has 0 aromatic heterocycles. The molecule has 0 spiro atoms. The molecule has 4 nitrogen and oxygen atoms in total. The van der Waals surface area contributed by atoms with Gasteiger partial charge < -0.3 is 19.7 Å². The summed E-state index contributed by atoms with van der Waals surface area (Å²) in [6.07, 6.45) is 2.31. The van der Waals surface area contributed by atoms with E-state index in [0.29, 0.717) is 0 Å². The molecule has 1 aromatic carbocycles. The summed E-state index contributed by atoms with van der Waals surface area (Å²) in [4.78, 5) is 2.45. The third-order valence-corrected chi connectivity index (χ3v) is 3.93. The zero-order valence-electron chi connectivity index (χ0n) is 13.3. The predicted octanol–water partition coefficient (Wildman–Crippen LogP) is 2.54. The standard InChI is InChI=1S/C17H28N2O2/c1-3-19(4-2)12-7-11-18-14-15-10-13-20-16-8-5-6-9-17(16)21-15/h5-6,8-9,15,18H,3-4,7,10-14H2,1-2H3. The monoisotopic (exact) mass is 292 g/mol. The Hall–Kier alpha value is -1.26. The highest BCUT2D eigenvalue weighted by Gasteiger charge is 2.17. The summed E-state index contributed by atoms with van der Waals surface area (Å²) in [5.41, 5.74) is 0. The summed E-state index contributed by atoms with van der Waals surface area (Å²) in [6.45, 7) is 10.5. The fraction of sp³-hybridized carbons (Fsp3) is 0.647. The van der Waals surface area contributed by atoms with Gasteiger partial charge in [0, 0.05) is 13.0 Å². The van der Waals surface area contributed by atoms with Gasteiger partial charge in [0.2, 0.25) is 0 Å². The topological polar surface area (TPSA) is 33.7 Å². The molecule has 1 aromatic rings. The highest BCUT2D eigenvalue weighted by Crippen LogP contribution is 2.30. The van der Waals surface area contributed by atoms with Crippen molar-refractivity contribution in [3.63, 3.8) is 0 Å². The van der Waals surface area contributed by atoms with E-state index in [1.54, 1.807) is 0 Å². The average Bonchev–Trinajstić information content (AvgIpc) is 2.72. The Kier molecular flexibility index (Phi) is 6.83. The molecule has 0 aliphatic carbocycles. The number of rotatable bonds is 8. The molecule has 0 bridgehead atoms. The molecular formula is C17H28N2O2. The molecule has 118 valence electrons. The number of nitrogens with zero attached hydrogens (tertiary/aromatic N) is 1. The Morgan fingerprint density at radius 1 is 1.19 bits per heavy atom. The summed E-state index contributed by atoms with van der Waals surface area (Å²) in [5.74, 6) is 1.73. The van der Waals surface area contributed by atoms with Crippen LogP contribution in [0.3, 0.4) is 0 Å². The van der Waals surface area contributed by atoms with Crippen LogP contribution in [0.4, 0.5) is 0 Å². The SMILES string of the molecule is CCN(CC)CCCNCC1CCOc2ccccc2O1. The van der Waals surface area contributed by atoms with E-state index in [9.17, 15) is 0 Å². The second kappa shape index (κ2) is 8.90. The molecule has 0 saturated carbocycles. The van der Waals surface area contributed by atoms with E-state index >= 15 is 0 Å². The lowest BCUT2D eigenvalue weighted by Gasteiger charge is -2.19. The lowest BCUT2D eigenvalue weighted by Crippen LogP contribution is -2.34. The van der Waals surface area contributed by atoms with Crippen LogP contribution in [0.2, 0.25) is 0 Å². The molecule has 1 aliphatic heterocycles. The number of para-hydroxylation sites is 2. The molecule has 1 atom stereocenters.